The number of carbonyl (C=O) groups is 4. The van der Waals surface area contributed by atoms with Gasteiger partial charge < -0.3 is 24.8 Å². The van der Waals surface area contributed by atoms with E-state index >= 15 is 0 Å². The van der Waals surface area contributed by atoms with E-state index < -0.39 is 0 Å². The molecule has 2 amide bonds. The Bertz CT molecular complexity index is 2000. The van der Waals surface area contributed by atoms with Crippen molar-refractivity contribution in [1.82, 2.24) is 15.3 Å². The molecule has 51 heavy (non-hydrogen) atoms. The van der Waals surface area contributed by atoms with Gasteiger partial charge in [0, 0.05) is 38.9 Å². The van der Waals surface area contributed by atoms with E-state index in [2.05, 4.69) is 20.3 Å². The standard InChI is InChI=1S/C41H52N4O6/c1-9-28-24(5)40(48)44-32(28)19-30-26(7)38-22(3)17-36(46)50-15-13-11-12-14-16-51-37(47)18-23(4)39-27(8)31(43-35(39)21-34(38)42-30)20-33-29(10-2)25(6)41(49)45-33/h19-23,42-43H,9-18H2,1-8H3,(H,44,48)/b31-20-,32-19-,35-21-/t22-,23-/m0/s1. The molecule has 10 heteroatoms. The van der Waals surface area contributed by atoms with Crippen molar-refractivity contribution in [2.24, 2.45) is 4.99 Å². The van der Waals surface area contributed by atoms with Crippen LogP contribution < -0.4 is 16.0 Å². The van der Waals surface area contributed by atoms with Crippen LogP contribution in [-0.2, 0) is 28.7 Å². The second-order valence-electron chi connectivity index (χ2n) is 14.1. The van der Waals surface area contributed by atoms with E-state index in [0.717, 1.165) is 86.9 Å². The van der Waals surface area contributed by atoms with Gasteiger partial charge in [-0.15, -0.1) is 0 Å². The number of allylic oxidation sites excluding steroid dienone is 2. The Kier molecular flexibility index (Phi) is 11.8. The summed E-state index contributed by atoms with van der Waals surface area (Å²) in [6.45, 7) is 16.5. The third-order valence-electron chi connectivity index (χ3n) is 10.5. The number of amides is 2. The number of ether oxygens (including phenoxy) is 2. The van der Waals surface area contributed by atoms with E-state index in [1.54, 1.807) is 0 Å². The quantitative estimate of drug-likeness (QED) is 0.329. The SMILES string of the molecule is CCC1=C(C)C(=O)N=C1/C=c1\[nH]/c2c(c1C)[C@@H](C)CC(=O)OCCCCCCOC(=O)C[C@H](C)c1c([nH]c(/C=C3\NC(=O)C(C)=C3CC)c1C)/C=2. The van der Waals surface area contributed by atoms with Crippen molar-refractivity contribution in [3.8, 4) is 0 Å². The first-order valence-electron chi connectivity index (χ1n) is 18.4. The van der Waals surface area contributed by atoms with Gasteiger partial charge in [0.2, 0.25) is 0 Å². The third kappa shape index (κ3) is 8.10. The highest BCUT2D eigenvalue weighted by molar-refractivity contribution is 6.30. The Morgan fingerprint density at radius 1 is 0.765 bits per heavy atom. The lowest BCUT2D eigenvalue weighted by Gasteiger charge is -2.14. The maximum Gasteiger partial charge on any atom is 0.306 e. The number of hydrogen-bond acceptors (Lipinski definition) is 6. The summed E-state index contributed by atoms with van der Waals surface area (Å²) in [7, 11) is 0. The van der Waals surface area contributed by atoms with Crippen LogP contribution in [0.1, 0.15) is 138 Å². The fraction of sp³-hybridized carbons (Fsp3) is 0.488. The van der Waals surface area contributed by atoms with Crippen LogP contribution in [0.2, 0.25) is 0 Å². The molecule has 10 nitrogen and oxygen atoms in total. The Hall–Kier alpha value is -4.73. The molecule has 2 atom stereocenters. The number of cyclic esters (lactones) is 2. The molecule has 0 saturated carbocycles. The summed E-state index contributed by atoms with van der Waals surface area (Å²) in [6.07, 6.45) is 11.0. The second kappa shape index (κ2) is 16.1. The number of carbonyl (C=O) groups excluding carboxylic acids is 4. The first-order valence-corrected chi connectivity index (χ1v) is 18.4. The van der Waals surface area contributed by atoms with Crippen molar-refractivity contribution >= 4 is 47.7 Å². The van der Waals surface area contributed by atoms with E-state index in [-0.39, 0.29) is 48.4 Å². The van der Waals surface area contributed by atoms with Crippen molar-refractivity contribution < 1.29 is 28.7 Å². The van der Waals surface area contributed by atoms with Crippen molar-refractivity contribution in [2.75, 3.05) is 13.2 Å². The lowest BCUT2D eigenvalue weighted by Crippen LogP contribution is -2.17. The molecule has 0 aliphatic carbocycles. The minimum atomic E-state index is -0.253. The maximum atomic E-state index is 13.1. The molecule has 5 rings (SSSR count). The van der Waals surface area contributed by atoms with Crippen LogP contribution in [0.5, 0.6) is 0 Å². The zero-order valence-electron chi connectivity index (χ0n) is 31.4. The molecule has 0 saturated heterocycles. The molecule has 2 aromatic heterocycles. The van der Waals surface area contributed by atoms with Gasteiger partial charge in [-0.2, -0.15) is 0 Å². The van der Waals surface area contributed by atoms with Crippen LogP contribution in [-0.4, -0.2) is 52.6 Å². The monoisotopic (exact) mass is 696 g/mol. The number of H-pyrrole nitrogens is 2. The lowest BCUT2D eigenvalue weighted by molar-refractivity contribution is -0.145. The molecule has 0 unspecified atom stereocenters. The van der Waals surface area contributed by atoms with Gasteiger partial charge in [-0.05, 0) is 130 Å². The summed E-state index contributed by atoms with van der Waals surface area (Å²) in [5, 5.41) is 4.62. The summed E-state index contributed by atoms with van der Waals surface area (Å²) < 4.78 is 11.3. The number of esters is 2. The summed E-state index contributed by atoms with van der Waals surface area (Å²) in [5.41, 5.74) is 10.1. The average Bonchev–Trinajstić information content (AvgIpc) is 3.73. The number of rotatable bonds is 4. The molecule has 5 heterocycles. The van der Waals surface area contributed by atoms with Crippen LogP contribution in [0, 0.1) is 13.8 Å². The van der Waals surface area contributed by atoms with Gasteiger partial charge >= 0.3 is 11.9 Å². The average molecular weight is 697 g/mol. The van der Waals surface area contributed by atoms with Gasteiger partial charge in [-0.1, -0.05) is 27.7 Å². The summed E-state index contributed by atoms with van der Waals surface area (Å²) in [6, 6.07) is 0. The summed E-state index contributed by atoms with van der Waals surface area (Å²) >= 11 is 0. The molecule has 0 fully saturated rings. The Morgan fingerprint density at radius 2 is 1.37 bits per heavy atom. The van der Waals surface area contributed by atoms with Crippen molar-refractivity contribution in [1.29, 1.82) is 0 Å². The molecule has 0 radical (unpaired) electrons. The molecule has 0 bridgehead atoms. The predicted octanol–water partition coefficient (Wildman–Crippen LogP) is 6.12. The largest absolute Gasteiger partial charge is 0.466 e. The van der Waals surface area contributed by atoms with Gasteiger partial charge in [0.05, 0.1) is 31.8 Å². The van der Waals surface area contributed by atoms with Gasteiger partial charge in [0.1, 0.15) is 0 Å². The highest BCUT2D eigenvalue weighted by Crippen LogP contribution is 2.33. The van der Waals surface area contributed by atoms with Crippen molar-refractivity contribution in [3.05, 3.63) is 72.3 Å². The second-order valence-corrected chi connectivity index (χ2v) is 14.1. The Morgan fingerprint density at radius 3 is 1.98 bits per heavy atom. The normalized spacial score (nSPS) is 23.2. The lowest BCUT2D eigenvalue weighted by atomic mass is 9.92. The smallest absolute Gasteiger partial charge is 0.306 e. The number of nitrogens with one attached hydrogen (secondary N) is 3. The Balaban J connectivity index is 1.72. The number of aliphatic imine (C=N–C) groups is 1. The summed E-state index contributed by atoms with van der Waals surface area (Å²) in [4.78, 5) is 62.8. The molecule has 0 aromatic carbocycles. The fourth-order valence-corrected chi connectivity index (χ4v) is 7.63. The number of hydrogen-bond donors (Lipinski definition) is 3. The zero-order chi connectivity index (χ0) is 37.0. The maximum absolute atomic E-state index is 13.1. The first-order chi connectivity index (χ1) is 24.3. The number of nitrogens with zero attached hydrogens (tertiary/aromatic N) is 1. The van der Waals surface area contributed by atoms with Gasteiger partial charge in [-0.25, -0.2) is 4.99 Å². The van der Waals surface area contributed by atoms with E-state index in [9.17, 15) is 19.2 Å². The highest BCUT2D eigenvalue weighted by Gasteiger charge is 2.27. The third-order valence-corrected chi connectivity index (χ3v) is 10.5. The molecule has 3 aliphatic rings. The minimum absolute atomic E-state index is 0.0993. The minimum Gasteiger partial charge on any atom is -0.466 e. The van der Waals surface area contributed by atoms with Gasteiger partial charge in [0.15, 0.2) is 0 Å². The predicted molar refractivity (Wildman–Crippen MR) is 199 cm³/mol. The van der Waals surface area contributed by atoms with Crippen molar-refractivity contribution in [2.45, 2.75) is 119 Å². The Labute approximate surface area is 300 Å². The fourth-order valence-electron chi connectivity index (χ4n) is 7.63. The van der Waals surface area contributed by atoms with E-state index in [4.69, 9.17) is 9.47 Å². The number of aromatic amines is 2. The van der Waals surface area contributed by atoms with Gasteiger partial charge in [0.25, 0.3) is 11.8 Å². The van der Waals surface area contributed by atoms with Gasteiger partial charge in [-0.3, -0.25) is 19.2 Å². The molecular weight excluding hydrogens is 644 g/mol. The molecule has 272 valence electrons. The molecule has 2 aromatic rings. The molecule has 3 aliphatic heterocycles. The number of fused-ring (bicyclic) bond motifs is 2. The highest BCUT2D eigenvalue weighted by atomic mass is 16.5. The zero-order valence-corrected chi connectivity index (χ0v) is 31.4. The summed E-state index contributed by atoms with van der Waals surface area (Å²) in [5.74, 6) is -1.21. The van der Waals surface area contributed by atoms with Crippen LogP contribution in [0.4, 0.5) is 0 Å². The van der Waals surface area contributed by atoms with E-state index in [0.29, 0.717) is 42.9 Å². The molecule has 3 N–H and O–H groups in total. The van der Waals surface area contributed by atoms with E-state index in [1.165, 1.54) is 0 Å². The van der Waals surface area contributed by atoms with E-state index in [1.807, 2.05) is 73.6 Å². The van der Waals surface area contributed by atoms with Crippen LogP contribution in [0.25, 0.3) is 18.2 Å². The van der Waals surface area contributed by atoms with Crippen molar-refractivity contribution in [3.63, 3.8) is 0 Å². The van der Waals surface area contributed by atoms with Crippen LogP contribution in [0.15, 0.2) is 33.0 Å². The van der Waals surface area contributed by atoms with Crippen LogP contribution >= 0.6 is 0 Å². The topological polar surface area (TPSA) is 143 Å². The first kappa shape index (κ1) is 37.5. The number of aromatic nitrogens is 2. The molecular formula is C41H52N4O6. The van der Waals surface area contributed by atoms with Crippen LogP contribution in [0.3, 0.4) is 0 Å². The molecule has 0 spiro atoms.